The summed E-state index contributed by atoms with van der Waals surface area (Å²) >= 11 is 0. The molecule has 0 amide bonds. The van der Waals surface area contributed by atoms with Gasteiger partial charge in [0.05, 0.1) is 0 Å². The summed E-state index contributed by atoms with van der Waals surface area (Å²) in [5.74, 6) is 0.654. The third-order valence-corrected chi connectivity index (χ3v) is 2.96. The molecule has 1 aromatic heterocycles. The zero-order valence-electron chi connectivity index (χ0n) is 10.2. The zero-order valence-corrected chi connectivity index (χ0v) is 10.2. The van der Waals surface area contributed by atoms with Crippen LogP contribution in [-0.2, 0) is 0 Å². The van der Waals surface area contributed by atoms with Crippen LogP contribution in [0.15, 0.2) is 18.5 Å². The molecule has 1 rings (SSSR count). The number of hydrogen-bond acceptors (Lipinski definition) is 2. The van der Waals surface area contributed by atoms with Gasteiger partial charge in [-0.3, -0.25) is 0 Å². The highest BCUT2D eigenvalue weighted by Crippen LogP contribution is 2.28. The van der Waals surface area contributed by atoms with Gasteiger partial charge in [-0.2, -0.15) is 0 Å². The van der Waals surface area contributed by atoms with Crippen LogP contribution in [0.4, 0.5) is 0 Å². The molecular weight excluding hydrogens is 186 g/mol. The van der Waals surface area contributed by atoms with Crippen molar-refractivity contribution < 1.29 is 0 Å². The minimum absolute atomic E-state index is 0.494. The first kappa shape index (κ1) is 12.3. The second kappa shape index (κ2) is 5.93. The molecule has 1 heterocycles. The highest BCUT2D eigenvalue weighted by molar-refractivity contribution is 5.15. The van der Waals surface area contributed by atoms with Crippen LogP contribution in [-0.4, -0.2) is 37.6 Å². The quantitative estimate of drug-likeness (QED) is 0.749. The van der Waals surface area contributed by atoms with Crippen LogP contribution in [0.2, 0.25) is 0 Å². The van der Waals surface area contributed by atoms with Crippen LogP contribution in [0.1, 0.15) is 24.9 Å². The molecule has 0 spiro atoms. The molecule has 2 unspecified atom stereocenters. The number of rotatable bonds is 6. The van der Waals surface area contributed by atoms with Crippen LogP contribution in [0.3, 0.4) is 0 Å². The van der Waals surface area contributed by atoms with Crippen molar-refractivity contribution in [3.63, 3.8) is 0 Å². The normalized spacial score (nSPS) is 15.5. The van der Waals surface area contributed by atoms with E-state index in [1.807, 2.05) is 13.2 Å². The van der Waals surface area contributed by atoms with Crippen molar-refractivity contribution in [1.82, 2.24) is 15.2 Å². The van der Waals surface area contributed by atoms with Gasteiger partial charge >= 0.3 is 0 Å². The summed E-state index contributed by atoms with van der Waals surface area (Å²) in [5, 5.41) is 3.28. The van der Waals surface area contributed by atoms with Crippen LogP contribution in [0.25, 0.3) is 0 Å². The summed E-state index contributed by atoms with van der Waals surface area (Å²) in [6.45, 7) is 3.32. The maximum absolute atomic E-state index is 3.28. The maximum atomic E-state index is 3.28. The molecule has 15 heavy (non-hydrogen) atoms. The largest absolute Gasteiger partial charge is 0.367 e. The molecule has 0 aromatic carbocycles. The molecule has 2 N–H and O–H groups in total. The number of H-pyrrole nitrogens is 1. The molecule has 0 saturated carbocycles. The standard InChI is InChI=1S/C12H23N3/c1-5-10(8-13-2)12(15(3)4)11-6-7-14-9-11/h6-7,9-10,12-14H,5,8H2,1-4H3. The van der Waals surface area contributed by atoms with Crippen LogP contribution >= 0.6 is 0 Å². The van der Waals surface area contributed by atoms with Crippen molar-refractivity contribution in [2.24, 2.45) is 5.92 Å². The molecule has 0 fully saturated rings. The first-order valence-corrected chi connectivity index (χ1v) is 5.64. The van der Waals surface area contributed by atoms with E-state index in [1.165, 1.54) is 12.0 Å². The third kappa shape index (κ3) is 3.08. The minimum Gasteiger partial charge on any atom is -0.367 e. The molecule has 0 aliphatic rings. The Labute approximate surface area is 92.9 Å². The first-order valence-electron chi connectivity index (χ1n) is 5.64. The second-order valence-electron chi connectivity index (χ2n) is 4.28. The molecule has 3 nitrogen and oxygen atoms in total. The molecule has 0 radical (unpaired) electrons. The number of aromatic nitrogens is 1. The van der Waals surface area contributed by atoms with Gasteiger partial charge in [-0.05, 0) is 45.2 Å². The van der Waals surface area contributed by atoms with Crippen molar-refractivity contribution in [3.05, 3.63) is 24.0 Å². The van der Waals surface area contributed by atoms with E-state index in [1.54, 1.807) is 0 Å². The molecule has 1 aromatic rings. The Morgan fingerprint density at radius 3 is 2.60 bits per heavy atom. The van der Waals surface area contributed by atoms with Gasteiger partial charge in [0.2, 0.25) is 0 Å². The highest BCUT2D eigenvalue weighted by Gasteiger charge is 2.23. The molecule has 86 valence electrons. The van der Waals surface area contributed by atoms with Gasteiger partial charge in [0.1, 0.15) is 0 Å². The summed E-state index contributed by atoms with van der Waals surface area (Å²) in [6.07, 6.45) is 5.29. The average molecular weight is 209 g/mol. The number of aromatic amines is 1. The lowest BCUT2D eigenvalue weighted by Crippen LogP contribution is -2.32. The van der Waals surface area contributed by atoms with E-state index in [-0.39, 0.29) is 0 Å². The van der Waals surface area contributed by atoms with Crippen molar-refractivity contribution in [1.29, 1.82) is 0 Å². The van der Waals surface area contributed by atoms with Crippen molar-refractivity contribution >= 4 is 0 Å². The van der Waals surface area contributed by atoms with Gasteiger partial charge < -0.3 is 15.2 Å². The third-order valence-electron chi connectivity index (χ3n) is 2.96. The highest BCUT2D eigenvalue weighted by atomic mass is 15.1. The van der Waals surface area contributed by atoms with Gasteiger partial charge in [0, 0.05) is 18.4 Å². The molecule has 0 aliphatic carbocycles. The number of hydrogen-bond donors (Lipinski definition) is 2. The monoisotopic (exact) mass is 209 g/mol. The van der Waals surface area contributed by atoms with Crippen LogP contribution < -0.4 is 5.32 Å². The molecule has 3 heteroatoms. The molecule has 0 aliphatic heterocycles. The van der Waals surface area contributed by atoms with E-state index in [0.29, 0.717) is 12.0 Å². The number of nitrogens with zero attached hydrogens (tertiary/aromatic N) is 1. The van der Waals surface area contributed by atoms with E-state index in [4.69, 9.17) is 0 Å². The van der Waals surface area contributed by atoms with Gasteiger partial charge in [-0.15, -0.1) is 0 Å². The number of nitrogens with one attached hydrogen (secondary N) is 2. The SMILES string of the molecule is CCC(CNC)C(c1cc[nH]c1)N(C)C. The Kier molecular flexibility index (Phi) is 4.85. The van der Waals surface area contributed by atoms with E-state index in [0.717, 1.165) is 6.54 Å². The molecule has 0 bridgehead atoms. The van der Waals surface area contributed by atoms with E-state index in [2.05, 4.69) is 48.5 Å². The molecule has 0 saturated heterocycles. The lowest BCUT2D eigenvalue weighted by Gasteiger charge is -2.31. The van der Waals surface area contributed by atoms with Gasteiger partial charge in [-0.25, -0.2) is 0 Å². The summed E-state index contributed by atoms with van der Waals surface area (Å²) in [7, 11) is 6.32. The lowest BCUT2D eigenvalue weighted by atomic mass is 9.91. The fourth-order valence-electron chi connectivity index (χ4n) is 2.25. The summed E-state index contributed by atoms with van der Waals surface area (Å²) in [4.78, 5) is 5.44. The summed E-state index contributed by atoms with van der Waals surface area (Å²) in [5.41, 5.74) is 1.38. The topological polar surface area (TPSA) is 31.1 Å². The van der Waals surface area contributed by atoms with Crippen LogP contribution in [0.5, 0.6) is 0 Å². The Morgan fingerprint density at radius 2 is 2.20 bits per heavy atom. The fraction of sp³-hybridized carbons (Fsp3) is 0.667. The predicted octanol–water partition coefficient (Wildman–Crippen LogP) is 1.86. The van der Waals surface area contributed by atoms with Crippen molar-refractivity contribution in [2.75, 3.05) is 27.7 Å². The van der Waals surface area contributed by atoms with E-state index >= 15 is 0 Å². The summed E-state index contributed by atoms with van der Waals surface area (Å²) in [6, 6.07) is 2.66. The Balaban J connectivity index is 2.81. The van der Waals surface area contributed by atoms with Gasteiger partial charge in [-0.1, -0.05) is 13.3 Å². The minimum atomic E-state index is 0.494. The molecular formula is C12H23N3. The van der Waals surface area contributed by atoms with Gasteiger partial charge in [0.25, 0.3) is 0 Å². The van der Waals surface area contributed by atoms with E-state index < -0.39 is 0 Å². The lowest BCUT2D eigenvalue weighted by molar-refractivity contribution is 0.204. The predicted molar refractivity (Wildman–Crippen MR) is 64.9 cm³/mol. The van der Waals surface area contributed by atoms with Crippen molar-refractivity contribution in [2.45, 2.75) is 19.4 Å². The second-order valence-corrected chi connectivity index (χ2v) is 4.28. The Hall–Kier alpha value is -0.800. The molecule has 2 atom stereocenters. The fourth-order valence-corrected chi connectivity index (χ4v) is 2.25. The smallest absolute Gasteiger partial charge is 0.0397 e. The van der Waals surface area contributed by atoms with Crippen LogP contribution in [0, 0.1) is 5.92 Å². The van der Waals surface area contributed by atoms with Gasteiger partial charge in [0.15, 0.2) is 0 Å². The summed E-state index contributed by atoms with van der Waals surface area (Å²) < 4.78 is 0. The van der Waals surface area contributed by atoms with E-state index in [9.17, 15) is 0 Å². The Bertz CT molecular complexity index is 254. The maximum Gasteiger partial charge on any atom is 0.0397 e. The Morgan fingerprint density at radius 1 is 1.47 bits per heavy atom. The van der Waals surface area contributed by atoms with Crippen molar-refractivity contribution in [3.8, 4) is 0 Å². The first-order chi connectivity index (χ1) is 7.20. The average Bonchev–Trinajstić information content (AvgIpc) is 2.69. The zero-order chi connectivity index (χ0) is 11.3.